The Morgan fingerprint density at radius 1 is 1.20 bits per heavy atom. The maximum atomic E-state index is 13.6. The van der Waals surface area contributed by atoms with E-state index in [4.69, 9.17) is 9.72 Å². The fourth-order valence-corrected chi connectivity index (χ4v) is 3.62. The van der Waals surface area contributed by atoms with E-state index in [2.05, 4.69) is 4.98 Å². The fourth-order valence-electron chi connectivity index (χ4n) is 3.62. The van der Waals surface area contributed by atoms with E-state index in [1.165, 1.54) is 12.1 Å². The lowest BCUT2D eigenvalue weighted by molar-refractivity contribution is 0.415. The molecule has 3 heterocycles. The lowest BCUT2D eigenvalue weighted by Gasteiger charge is -2.19. The molecule has 0 unspecified atom stereocenters. The van der Waals surface area contributed by atoms with Crippen LogP contribution in [0.4, 0.5) is 4.39 Å². The van der Waals surface area contributed by atoms with Crippen molar-refractivity contribution in [2.24, 2.45) is 0 Å². The predicted molar refractivity (Wildman–Crippen MR) is 93.5 cm³/mol. The van der Waals surface area contributed by atoms with Crippen molar-refractivity contribution in [2.45, 2.75) is 13.0 Å². The van der Waals surface area contributed by atoms with Gasteiger partial charge in [-0.15, -0.1) is 0 Å². The average Bonchev–Trinajstić information content (AvgIpc) is 3.00. The van der Waals surface area contributed by atoms with Gasteiger partial charge in [0.2, 0.25) is 0 Å². The van der Waals surface area contributed by atoms with Crippen LogP contribution in [0.15, 0.2) is 41.2 Å². The Kier molecular flexibility index (Phi) is 2.80. The number of rotatable bonds is 1. The monoisotopic (exact) mass is 335 g/mol. The van der Waals surface area contributed by atoms with Crippen molar-refractivity contribution in [3.05, 3.63) is 58.1 Å². The smallest absolute Gasteiger partial charge is 0.261 e. The zero-order valence-electron chi connectivity index (χ0n) is 13.5. The number of nitrogens with zero attached hydrogens (tertiary/aromatic N) is 2. The molecule has 6 heteroatoms. The number of fused-ring (bicyclic) bond motifs is 6. The number of ether oxygens (including phenoxy) is 1. The molecule has 2 aromatic carbocycles. The summed E-state index contributed by atoms with van der Waals surface area (Å²) in [7, 11) is 1.58. The van der Waals surface area contributed by atoms with E-state index in [1.807, 2.05) is 0 Å². The lowest BCUT2D eigenvalue weighted by atomic mass is 10.0. The molecule has 0 bridgehead atoms. The molecule has 5 nitrogen and oxygen atoms in total. The first kappa shape index (κ1) is 14.2. The third-order valence-electron chi connectivity index (χ3n) is 4.84. The molecule has 4 aromatic rings. The van der Waals surface area contributed by atoms with Crippen LogP contribution in [0.5, 0.6) is 5.75 Å². The van der Waals surface area contributed by atoms with Crippen LogP contribution < -0.4 is 10.3 Å². The Morgan fingerprint density at radius 2 is 2.08 bits per heavy atom. The highest BCUT2D eigenvalue weighted by atomic mass is 19.1. The van der Waals surface area contributed by atoms with Gasteiger partial charge < -0.3 is 9.72 Å². The number of benzene rings is 2. The first-order chi connectivity index (χ1) is 12.2. The number of aromatic nitrogens is 3. The standard InChI is InChI=1S/C19H14FN3O2/c1-25-11-3-4-13-16(9-11)22-18-17-12(6-7-23(18)19(13)24)14-8-10(20)2-5-15(14)21-17/h2-5,8-9,21H,6-7H2,1H3. The lowest BCUT2D eigenvalue weighted by Crippen LogP contribution is -2.27. The first-order valence-electron chi connectivity index (χ1n) is 8.05. The van der Waals surface area contributed by atoms with Crippen LogP contribution >= 0.6 is 0 Å². The molecule has 25 heavy (non-hydrogen) atoms. The highest BCUT2D eigenvalue weighted by molar-refractivity contribution is 5.91. The molecule has 0 spiro atoms. The van der Waals surface area contributed by atoms with Crippen molar-refractivity contribution in [1.82, 2.24) is 14.5 Å². The normalized spacial score (nSPS) is 13.0. The number of H-pyrrole nitrogens is 1. The van der Waals surface area contributed by atoms with Crippen LogP contribution in [0, 0.1) is 5.82 Å². The van der Waals surface area contributed by atoms with E-state index in [0.717, 1.165) is 22.2 Å². The van der Waals surface area contributed by atoms with Crippen LogP contribution in [0.2, 0.25) is 0 Å². The van der Waals surface area contributed by atoms with Gasteiger partial charge in [0.25, 0.3) is 5.56 Å². The molecule has 0 fully saturated rings. The van der Waals surface area contributed by atoms with Crippen molar-refractivity contribution in [3.8, 4) is 17.3 Å². The Labute approximate surface area is 141 Å². The van der Waals surface area contributed by atoms with Crippen LogP contribution in [0.1, 0.15) is 5.56 Å². The molecule has 0 saturated heterocycles. The summed E-state index contributed by atoms with van der Waals surface area (Å²) in [5.41, 5.74) is 3.16. The number of hydrogen-bond donors (Lipinski definition) is 1. The summed E-state index contributed by atoms with van der Waals surface area (Å²) >= 11 is 0. The van der Waals surface area contributed by atoms with Crippen molar-refractivity contribution in [1.29, 1.82) is 0 Å². The Bertz CT molecular complexity index is 1220. The summed E-state index contributed by atoms with van der Waals surface area (Å²) in [4.78, 5) is 20.9. The zero-order valence-corrected chi connectivity index (χ0v) is 13.5. The van der Waals surface area contributed by atoms with Crippen molar-refractivity contribution in [2.75, 3.05) is 7.11 Å². The SMILES string of the molecule is COc1ccc2c(=O)n3c(nc2c1)-c1[nH]c2ccc(F)cc2c1CC3. The van der Waals surface area contributed by atoms with Crippen molar-refractivity contribution >= 4 is 21.8 Å². The van der Waals surface area contributed by atoms with Gasteiger partial charge in [0.15, 0.2) is 5.82 Å². The molecule has 0 aliphatic carbocycles. The molecule has 1 aliphatic heterocycles. The van der Waals surface area contributed by atoms with Crippen LogP contribution in [-0.2, 0) is 13.0 Å². The number of nitrogens with one attached hydrogen (secondary N) is 1. The van der Waals surface area contributed by atoms with Gasteiger partial charge in [-0.05, 0) is 42.3 Å². The van der Waals surface area contributed by atoms with E-state index in [0.29, 0.717) is 35.4 Å². The number of halogens is 1. The molecule has 1 aliphatic rings. The number of aromatic amines is 1. The minimum atomic E-state index is -0.270. The topological polar surface area (TPSA) is 59.9 Å². The summed E-state index contributed by atoms with van der Waals surface area (Å²) in [6, 6.07) is 9.94. The highest BCUT2D eigenvalue weighted by Crippen LogP contribution is 2.34. The van der Waals surface area contributed by atoms with Gasteiger partial charge >= 0.3 is 0 Å². The van der Waals surface area contributed by atoms with Gasteiger partial charge in [-0.1, -0.05) is 0 Å². The van der Waals surface area contributed by atoms with Gasteiger partial charge in [0.05, 0.1) is 23.7 Å². The van der Waals surface area contributed by atoms with Gasteiger partial charge in [-0.3, -0.25) is 9.36 Å². The second-order valence-electron chi connectivity index (χ2n) is 6.19. The number of aryl methyl sites for hydroxylation is 1. The van der Waals surface area contributed by atoms with E-state index in [-0.39, 0.29) is 11.4 Å². The molecule has 124 valence electrons. The quantitative estimate of drug-likeness (QED) is 0.581. The number of methoxy groups -OCH3 is 1. The fraction of sp³-hybridized carbons (Fsp3) is 0.158. The van der Waals surface area contributed by atoms with Crippen LogP contribution in [0.25, 0.3) is 33.3 Å². The molecule has 0 amide bonds. The van der Waals surface area contributed by atoms with Crippen LogP contribution in [-0.4, -0.2) is 21.6 Å². The second-order valence-corrected chi connectivity index (χ2v) is 6.19. The molecule has 5 rings (SSSR count). The van der Waals surface area contributed by atoms with Gasteiger partial charge in [0.1, 0.15) is 11.6 Å². The summed E-state index contributed by atoms with van der Waals surface area (Å²) in [5, 5.41) is 1.41. The van der Waals surface area contributed by atoms with Crippen LogP contribution in [0.3, 0.4) is 0 Å². The molecule has 0 radical (unpaired) electrons. The molecule has 1 N–H and O–H groups in total. The summed E-state index contributed by atoms with van der Waals surface area (Å²) in [6.07, 6.45) is 0.662. The van der Waals surface area contributed by atoms with Crippen molar-refractivity contribution in [3.63, 3.8) is 0 Å². The maximum absolute atomic E-state index is 13.6. The van der Waals surface area contributed by atoms with E-state index in [1.54, 1.807) is 35.9 Å². The predicted octanol–water partition coefficient (Wildman–Crippen LogP) is 3.25. The van der Waals surface area contributed by atoms with Crippen molar-refractivity contribution < 1.29 is 9.13 Å². The van der Waals surface area contributed by atoms with Gasteiger partial charge in [-0.2, -0.15) is 0 Å². The molecular formula is C19H14FN3O2. The minimum absolute atomic E-state index is 0.0712. The Morgan fingerprint density at radius 3 is 2.92 bits per heavy atom. The van der Waals surface area contributed by atoms with E-state index in [9.17, 15) is 9.18 Å². The van der Waals surface area contributed by atoms with E-state index >= 15 is 0 Å². The first-order valence-corrected chi connectivity index (χ1v) is 8.05. The van der Waals surface area contributed by atoms with Gasteiger partial charge in [0, 0.05) is 23.5 Å². The minimum Gasteiger partial charge on any atom is -0.497 e. The second kappa shape index (κ2) is 4.92. The Balaban J connectivity index is 1.86. The summed E-state index contributed by atoms with van der Waals surface area (Å²) < 4.78 is 20.6. The summed E-state index contributed by atoms with van der Waals surface area (Å²) in [6.45, 7) is 0.527. The molecule has 0 saturated carbocycles. The molecule has 2 aromatic heterocycles. The molecular weight excluding hydrogens is 321 g/mol. The maximum Gasteiger partial charge on any atom is 0.261 e. The number of hydrogen-bond acceptors (Lipinski definition) is 3. The van der Waals surface area contributed by atoms with Gasteiger partial charge in [-0.25, -0.2) is 9.37 Å². The third-order valence-corrected chi connectivity index (χ3v) is 4.84. The zero-order chi connectivity index (χ0) is 17.1. The third kappa shape index (κ3) is 1.94. The Hall–Kier alpha value is -3.15. The van der Waals surface area contributed by atoms with E-state index < -0.39 is 0 Å². The largest absolute Gasteiger partial charge is 0.497 e. The highest BCUT2D eigenvalue weighted by Gasteiger charge is 2.24. The summed E-state index contributed by atoms with van der Waals surface area (Å²) in [5.74, 6) is 0.969. The molecule has 0 atom stereocenters. The average molecular weight is 335 g/mol.